The summed E-state index contributed by atoms with van der Waals surface area (Å²) < 4.78 is 0. The Morgan fingerprint density at radius 3 is 2.52 bits per heavy atom. The number of allylic oxidation sites excluding steroid dienone is 1. The minimum Gasteiger partial charge on any atom is -0.385 e. The van der Waals surface area contributed by atoms with Crippen molar-refractivity contribution in [2.75, 3.05) is 11.9 Å². The normalized spacial score (nSPS) is 9.65. The van der Waals surface area contributed by atoms with Crippen LogP contribution in [0.15, 0.2) is 61.3 Å². The summed E-state index contributed by atoms with van der Waals surface area (Å²) in [5, 5.41) is 3.49. The second-order valence-electron chi connectivity index (χ2n) is 5.56. The number of nitrogens with one attached hydrogen (secondary N) is 1. The lowest BCUT2D eigenvalue weighted by molar-refractivity contribution is 0.763. The number of nitrogens with zero attached hydrogens (tertiary/aromatic N) is 1. The van der Waals surface area contributed by atoms with Crippen molar-refractivity contribution in [3.05, 3.63) is 72.6 Å². The maximum Gasteiger partial charge on any atom is 0.0424 e. The molecule has 0 saturated carbocycles. The van der Waals surface area contributed by atoms with Crippen LogP contribution in [-0.2, 0) is 12.8 Å². The minimum atomic E-state index is 1.03. The molecule has 0 radical (unpaired) electrons. The molecule has 2 heteroatoms. The second kappa shape index (κ2) is 12.5. The molecule has 0 fully saturated rings. The first-order chi connectivity index (χ1) is 11.3. The predicted octanol–water partition coefficient (Wildman–Crippen LogP) is 5.66. The van der Waals surface area contributed by atoms with Crippen LogP contribution < -0.4 is 5.32 Å². The largest absolute Gasteiger partial charge is 0.385 e. The fraction of sp³-hybridized carbons (Fsp3) is 0.381. The number of benzene rings is 1. The Balaban J connectivity index is 0.000000816. The number of unbranched alkanes of at least 4 members (excludes halogenated alkanes) is 1. The molecule has 0 amide bonds. The summed E-state index contributed by atoms with van der Waals surface area (Å²) in [7, 11) is 0. The van der Waals surface area contributed by atoms with Gasteiger partial charge in [-0.2, -0.15) is 0 Å². The quantitative estimate of drug-likeness (QED) is 0.502. The van der Waals surface area contributed by atoms with E-state index in [1.165, 1.54) is 36.2 Å². The van der Waals surface area contributed by atoms with Gasteiger partial charge in [-0.3, -0.25) is 4.98 Å². The van der Waals surface area contributed by atoms with Crippen LogP contribution >= 0.6 is 0 Å². The Bertz CT molecular complexity index is 535. The predicted molar refractivity (Wildman–Crippen MR) is 102 cm³/mol. The van der Waals surface area contributed by atoms with Crippen molar-refractivity contribution in [1.82, 2.24) is 4.98 Å². The molecule has 2 rings (SSSR count). The zero-order valence-corrected chi connectivity index (χ0v) is 14.6. The van der Waals surface area contributed by atoms with Crippen LogP contribution in [0.5, 0.6) is 0 Å². The van der Waals surface area contributed by atoms with Crippen LogP contribution in [0, 0.1) is 0 Å². The van der Waals surface area contributed by atoms with Gasteiger partial charge in [0.25, 0.3) is 0 Å². The molecule has 1 aromatic heterocycles. The fourth-order valence-corrected chi connectivity index (χ4v) is 2.31. The monoisotopic (exact) mass is 310 g/mol. The van der Waals surface area contributed by atoms with Gasteiger partial charge in [-0.1, -0.05) is 49.8 Å². The minimum absolute atomic E-state index is 1.03. The molecule has 2 aromatic rings. The van der Waals surface area contributed by atoms with Crippen molar-refractivity contribution in [2.24, 2.45) is 0 Å². The third-order valence-electron chi connectivity index (χ3n) is 3.39. The van der Waals surface area contributed by atoms with Gasteiger partial charge in [0.15, 0.2) is 0 Å². The summed E-state index contributed by atoms with van der Waals surface area (Å²) in [6.07, 6.45) is 9.44. The van der Waals surface area contributed by atoms with Crippen molar-refractivity contribution < 1.29 is 0 Å². The highest BCUT2D eigenvalue weighted by Crippen LogP contribution is 2.10. The van der Waals surface area contributed by atoms with E-state index in [0.29, 0.717) is 0 Å². The number of hydrogen-bond donors (Lipinski definition) is 1. The summed E-state index contributed by atoms with van der Waals surface area (Å²) in [4.78, 5) is 4.37. The number of rotatable bonds is 8. The highest BCUT2D eigenvalue weighted by Gasteiger charge is 1.97. The van der Waals surface area contributed by atoms with Crippen LogP contribution in [0.2, 0.25) is 0 Å². The van der Waals surface area contributed by atoms with Crippen molar-refractivity contribution >= 4 is 5.69 Å². The van der Waals surface area contributed by atoms with Crippen LogP contribution in [0.3, 0.4) is 0 Å². The van der Waals surface area contributed by atoms with Gasteiger partial charge < -0.3 is 5.32 Å². The number of hydrogen-bond acceptors (Lipinski definition) is 2. The van der Waals surface area contributed by atoms with Crippen molar-refractivity contribution in [3.8, 4) is 0 Å². The van der Waals surface area contributed by atoms with Gasteiger partial charge in [-0.25, -0.2) is 0 Å². The molecule has 0 saturated heterocycles. The van der Waals surface area contributed by atoms with Gasteiger partial charge in [-0.05, 0) is 50.3 Å². The van der Waals surface area contributed by atoms with Crippen LogP contribution in [0.1, 0.15) is 44.4 Å². The summed E-state index contributed by atoms with van der Waals surface area (Å²) >= 11 is 0. The van der Waals surface area contributed by atoms with Crippen molar-refractivity contribution in [3.63, 3.8) is 0 Å². The highest BCUT2D eigenvalue weighted by molar-refractivity contribution is 5.43. The summed E-state index contributed by atoms with van der Waals surface area (Å²) in [6.45, 7) is 8.47. The van der Waals surface area contributed by atoms with E-state index in [2.05, 4.69) is 66.3 Å². The fourth-order valence-electron chi connectivity index (χ4n) is 2.31. The van der Waals surface area contributed by atoms with Crippen molar-refractivity contribution in [2.45, 2.75) is 46.0 Å². The lowest BCUT2D eigenvalue weighted by atomic mass is 10.1. The van der Waals surface area contributed by atoms with E-state index >= 15 is 0 Å². The molecule has 0 unspecified atom stereocenters. The number of aryl methyl sites for hydroxylation is 2. The first-order valence-corrected chi connectivity index (χ1v) is 8.60. The maximum absolute atomic E-state index is 4.37. The van der Waals surface area contributed by atoms with E-state index in [4.69, 9.17) is 0 Å². The van der Waals surface area contributed by atoms with E-state index < -0.39 is 0 Å². The Morgan fingerprint density at radius 2 is 1.83 bits per heavy atom. The molecule has 1 N–H and O–H groups in total. The molecule has 2 nitrogen and oxygen atoms in total. The average Bonchev–Trinajstić information content (AvgIpc) is 2.57. The van der Waals surface area contributed by atoms with Crippen molar-refractivity contribution in [1.29, 1.82) is 0 Å². The third kappa shape index (κ3) is 8.82. The third-order valence-corrected chi connectivity index (χ3v) is 3.39. The number of aromatic nitrogens is 1. The molecule has 0 aliphatic rings. The van der Waals surface area contributed by atoms with Gasteiger partial charge in [0, 0.05) is 24.1 Å². The van der Waals surface area contributed by atoms with E-state index in [1.54, 1.807) is 6.08 Å². The van der Waals surface area contributed by atoms with E-state index in [0.717, 1.165) is 19.4 Å². The average molecular weight is 310 g/mol. The van der Waals surface area contributed by atoms with Gasteiger partial charge in [0.1, 0.15) is 0 Å². The second-order valence-corrected chi connectivity index (χ2v) is 5.56. The molecule has 1 aromatic carbocycles. The lowest BCUT2D eigenvalue weighted by Gasteiger charge is -2.07. The topological polar surface area (TPSA) is 24.9 Å². The molecule has 0 spiro atoms. The molecule has 0 atom stereocenters. The zero-order valence-electron chi connectivity index (χ0n) is 14.6. The summed E-state index contributed by atoms with van der Waals surface area (Å²) in [5.41, 5.74) is 3.81. The Kier molecular flexibility index (Phi) is 10.3. The highest BCUT2D eigenvalue weighted by atomic mass is 14.9. The van der Waals surface area contributed by atoms with Crippen LogP contribution in [0.25, 0.3) is 0 Å². The van der Waals surface area contributed by atoms with Gasteiger partial charge >= 0.3 is 0 Å². The first-order valence-electron chi connectivity index (χ1n) is 8.60. The smallest absolute Gasteiger partial charge is 0.0424 e. The zero-order chi connectivity index (χ0) is 16.8. The Labute approximate surface area is 141 Å². The van der Waals surface area contributed by atoms with Crippen LogP contribution in [-0.4, -0.2) is 11.5 Å². The van der Waals surface area contributed by atoms with E-state index in [9.17, 15) is 0 Å². The van der Waals surface area contributed by atoms with Gasteiger partial charge in [0.05, 0.1) is 0 Å². The lowest BCUT2D eigenvalue weighted by Crippen LogP contribution is -2.03. The molecule has 0 aliphatic heterocycles. The number of anilines is 1. The first kappa shape index (κ1) is 19.0. The maximum atomic E-state index is 4.37. The Hall–Kier alpha value is -2.09. The molecule has 124 valence electrons. The molecular weight excluding hydrogens is 280 g/mol. The molecular formula is C21H30N2. The van der Waals surface area contributed by atoms with Crippen LogP contribution in [0.4, 0.5) is 5.69 Å². The van der Waals surface area contributed by atoms with Gasteiger partial charge in [-0.15, -0.1) is 6.58 Å². The SMILES string of the molecule is C=CC.CCCc1cc(NCCCCc2ccccc2)ccn1. The summed E-state index contributed by atoms with van der Waals surface area (Å²) in [5.74, 6) is 0. The Morgan fingerprint density at radius 1 is 1.09 bits per heavy atom. The van der Waals surface area contributed by atoms with E-state index in [1.807, 2.05) is 13.1 Å². The standard InChI is InChI=1S/C18H24N2.C3H6/c1-2-8-17-15-18(12-14-20-17)19-13-7-6-11-16-9-4-3-5-10-16;1-3-2/h3-5,9-10,12,14-15H,2,6-8,11,13H2,1H3,(H,19,20);3H,1H2,2H3. The molecule has 23 heavy (non-hydrogen) atoms. The van der Waals surface area contributed by atoms with Gasteiger partial charge in [0.2, 0.25) is 0 Å². The van der Waals surface area contributed by atoms with E-state index in [-0.39, 0.29) is 0 Å². The molecule has 1 heterocycles. The number of pyridine rings is 1. The summed E-state index contributed by atoms with van der Waals surface area (Å²) in [6, 6.07) is 14.9. The molecule has 0 bridgehead atoms. The molecule has 0 aliphatic carbocycles.